The molecule has 4 N–H and O–H groups in total. The van der Waals surface area contributed by atoms with Crippen molar-refractivity contribution in [3.63, 3.8) is 0 Å². The van der Waals surface area contributed by atoms with Crippen molar-refractivity contribution in [3.05, 3.63) is 35.9 Å². The van der Waals surface area contributed by atoms with Crippen molar-refractivity contribution >= 4 is 24.0 Å². The third-order valence-electron chi connectivity index (χ3n) is 4.89. The molecular formula is C20H28N4O5. The van der Waals surface area contributed by atoms with Crippen LogP contribution >= 0.6 is 0 Å². The van der Waals surface area contributed by atoms with Gasteiger partial charge in [0, 0.05) is 12.5 Å². The maximum atomic E-state index is 12.9. The number of nitrogens with one attached hydrogen (secondary N) is 3. The van der Waals surface area contributed by atoms with Crippen LogP contribution in [0.4, 0.5) is 0 Å². The summed E-state index contributed by atoms with van der Waals surface area (Å²) in [5.41, 5.74) is 0.867. The van der Waals surface area contributed by atoms with Gasteiger partial charge in [0.05, 0.1) is 13.2 Å². The molecule has 0 aromatic heterocycles. The minimum atomic E-state index is -0.935. The second kappa shape index (κ2) is 10.7. The number of aliphatic hydroxyl groups is 1. The highest BCUT2D eigenvalue weighted by molar-refractivity contribution is 5.94. The molecule has 29 heavy (non-hydrogen) atoms. The van der Waals surface area contributed by atoms with Crippen molar-refractivity contribution in [2.75, 3.05) is 20.2 Å². The van der Waals surface area contributed by atoms with E-state index in [2.05, 4.69) is 16.0 Å². The maximum absolute atomic E-state index is 12.9. The van der Waals surface area contributed by atoms with Gasteiger partial charge in [0.2, 0.25) is 17.7 Å². The summed E-state index contributed by atoms with van der Waals surface area (Å²) in [7, 11) is 1.63. The number of aldehydes is 1. The van der Waals surface area contributed by atoms with E-state index < -0.39 is 36.5 Å². The van der Waals surface area contributed by atoms with E-state index >= 15 is 0 Å². The molecule has 4 unspecified atom stereocenters. The number of carbonyl (C=O) groups is 4. The minimum absolute atomic E-state index is 0.0588. The zero-order chi connectivity index (χ0) is 21.4. The van der Waals surface area contributed by atoms with Crippen molar-refractivity contribution in [1.29, 1.82) is 0 Å². The van der Waals surface area contributed by atoms with Crippen LogP contribution in [0.5, 0.6) is 0 Å². The Labute approximate surface area is 169 Å². The van der Waals surface area contributed by atoms with Crippen LogP contribution in [0.3, 0.4) is 0 Å². The Bertz CT molecular complexity index is 727. The fourth-order valence-electron chi connectivity index (χ4n) is 3.50. The molecule has 1 aromatic carbocycles. The first-order chi connectivity index (χ1) is 13.9. The molecule has 1 aromatic rings. The van der Waals surface area contributed by atoms with Crippen molar-refractivity contribution in [1.82, 2.24) is 20.9 Å². The third kappa shape index (κ3) is 5.85. The number of carbonyl (C=O) groups excluding carboxylic acids is 4. The molecule has 4 atom stereocenters. The second-order valence-corrected chi connectivity index (χ2v) is 7.12. The van der Waals surface area contributed by atoms with E-state index in [0.29, 0.717) is 12.7 Å². The third-order valence-corrected chi connectivity index (χ3v) is 4.89. The molecule has 9 nitrogen and oxygen atoms in total. The Morgan fingerprint density at radius 1 is 1.31 bits per heavy atom. The Balaban J connectivity index is 2.11. The number of aliphatic hydroxyl groups excluding tert-OH is 1. The number of benzene rings is 1. The number of hydrogen-bond acceptors (Lipinski definition) is 6. The average Bonchev–Trinajstić information content (AvgIpc) is 2.97. The van der Waals surface area contributed by atoms with Crippen LogP contribution < -0.4 is 16.0 Å². The molecular weight excluding hydrogens is 376 g/mol. The zero-order valence-electron chi connectivity index (χ0n) is 16.6. The van der Waals surface area contributed by atoms with Crippen molar-refractivity contribution in [2.24, 2.45) is 0 Å². The lowest BCUT2D eigenvalue weighted by Gasteiger charge is -2.26. The molecule has 0 radical (unpaired) electrons. The van der Waals surface area contributed by atoms with Gasteiger partial charge in [-0.2, -0.15) is 0 Å². The molecule has 0 saturated carbocycles. The molecule has 1 saturated heterocycles. The van der Waals surface area contributed by atoms with Gasteiger partial charge in [-0.25, -0.2) is 0 Å². The first-order valence-electron chi connectivity index (χ1n) is 9.57. The normalized spacial score (nSPS) is 20.8. The van der Waals surface area contributed by atoms with Gasteiger partial charge < -0.3 is 30.8 Å². The van der Waals surface area contributed by atoms with Gasteiger partial charge in [0.15, 0.2) is 0 Å². The average molecular weight is 404 g/mol. The van der Waals surface area contributed by atoms with Gasteiger partial charge in [-0.1, -0.05) is 30.3 Å². The van der Waals surface area contributed by atoms with Gasteiger partial charge in [-0.05, 0) is 26.0 Å². The fraction of sp³-hybridized carbons (Fsp3) is 0.500. The lowest BCUT2D eigenvalue weighted by atomic mass is 10.0. The Morgan fingerprint density at radius 2 is 2.00 bits per heavy atom. The molecule has 1 aliphatic rings. The number of nitrogens with zero attached hydrogens (tertiary/aromatic N) is 1. The van der Waals surface area contributed by atoms with E-state index in [1.807, 2.05) is 30.3 Å². The standard InChI is InChI=1S/C20H28N4O5/c1-13-8-17(20(29)24(13)15(11-25)12-26)23-19(28)16(22-18(27)10-21-2)9-14-6-4-3-5-7-14/h3-7,11,13,15-17,21,26H,8-10,12H2,1-2H3,(H,22,27)(H,23,28). The maximum Gasteiger partial charge on any atom is 0.246 e. The van der Waals surface area contributed by atoms with Crippen LogP contribution in [-0.4, -0.2) is 78.4 Å². The largest absolute Gasteiger partial charge is 0.394 e. The van der Waals surface area contributed by atoms with Crippen LogP contribution in [0.15, 0.2) is 30.3 Å². The zero-order valence-corrected chi connectivity index (χ0v) is 16.6. The van der Waals surface area contributed by atoms with E-state index in [1.54, 1.807) is 14.0 Å². The van der Waals surface area contributed by atoms with Gasteiger partial charge >= 0.3 is 0 Å². The van der Waals surface area contributed by atoms with E-state index in [9.17, 15) is 24.3 Å². The van der Waals surface area contributed by atoms with E-state index in [0.717, 1.165) is 5.56 Å². The highest BCUT2D eigenvalue weighted by Crippen LogP contribution is 2.21. The Kier molecular flexibility index (Phi) is 8.29. The summed E-state index contributed by atoms with van der Waals surface area (Å²) in [6.07, 6.45) is 1.11. The summed E-state index contributed by atoms with van der Waals surface area (Å²) in [6, 6.07) is 6.34. The first-order valence-corrected chi connectivity index (χ1v) is 9.57. The van der Waals surface area contributed by atoms with Gasteiger partial charge in [-0.3, -0.25) is 14.4 Å². The van der Waals surface area contributed by atoms with Crippen molar-refractivity contribution in [2.45, 2.75) is 43.9 Å². The highest BCUT2D eigenvalue weighted by atomic mass is 16.3. The fourth-order valence-corrected chi connectivity index (χ4v) is 3.50. The van der Waals surface area contributed by atoms with E-state index in [-0.39, 0.29) is 24.9 Å². The summed E-state index contributed by atoms with van der Waals surface area (Å²) in [5.74, 6) is -1.23. The molecule has 158 valence electrons. The second-order valence-electron chi connectivity index (χ2n) is 7.12. The highest BCUT2D eigenvalue weighted by Gasteiger charge is 2.42. The van der Waals surface area contributed by atoms with Crippen molar-refractivity contribution in [3.8, 4) is 0 Å². The molecule has 1 heterocycles. The van der Waals surface area contributed by atoms with Crippen LogP contribution in [0, 0.1) is 0 Å². The molecule has 2 rings (SSSR count). The summed E-state index contributed by atoms with van der Waals surface area (Å²) >= 11 is 0. The Hall–Kier alpha value is -2.78. The van der Waals surface area contributed by atoms with Crippen LogP contribution in [0.2, 0.25) is 0 Å². The van der Waals surface area contributed by atoms with Gasteiger partial charge in [0.25, 0.3) is 0 Å². The number of amides is 3. The summed E-state index contributed by atoms with van der Waals surface area (Å²) in [5, 5.41) is 17.4. The SMILES string of the molecule is CNCC(=O)NC(Cc1ccccc1)C(=O)NC1CC(C)N(C(C=O)CO)C1=O. The summed E-state index contributed by atoms with van der Waals surface area (Å²) < 4.78 is 0. The minimum Gasteiger partial charge on any atom is -0.394 e. The van der Waals surface area contributed by atoms with Gasteiger partial charge in [-0.15, -0.1) is 0 Å². The molecule has 1 aliphatic heterocycles. The van der Waals surface area contributed by atoms with Crippen LogP contribution in [0.1, 0.15) is 18.9 Å². The smallest absolute Gasteiger partial charge is 0.246 e. The predicted molar refractivity (Wildman–Crippen MR) is 106 cm³/mol. The lowest BCUT2D eigenvalue weighted by molar-refractivity contribution is -0.138. The van der Waals surface area contributed by atoms with Gasteiger partial charge in [0.1, 0.15) is 24.4 Å². The molecule has 0 aliphatic carbocycles. The monoisotopic (exact) mass is 404 g/mol. The van der Waals surface area contributed by atoms with E-state index in [4.69, 9.17) is 0 Å². The van der Waals surface area contributed by atoms with Crippen LogP contribution in [0.25, 0.3) is 0 Å². The number of hydrogen-bond donors (Lipinski definition) is 4. The Morgan fingerprint density at radius 3 is 2.59 bits per heavy atom. The number of rotatable bonds is 10. The number of likely N-dealkylation sites (N-methyl/N-ethyl adjacent to an activating group) is 1. The molecule has 1 fully saturated rings. The van der Waals surface area contributed by atoms with Crippen molar-refractivity contribution < 1.29 is 24.3 Å². The molecule has 3 amide bonds. The number of likely N-dealkylation sites (tertiary alicyclic amines) is 1. The molecule has 0 bridgehead atoms. The molecule has 9 heteroatoms. The van der Waals surface area contributed by atoms with E-state index in [1.165, 1.54) is 4.90 Å². The summed E-state index contributed by atoms with van der Waals surface area (Å²) in [4.78, 5) is 50.0. The first kappa shape index (κ1) is 22.5. The predicted octanol–water partition coefficient (Wildman–Crippen LogP) is -1.40. The lowest BCUT2D eigenvalue weighted by Crippen LogP contribution is -2.54. The van der Waals surface area contributed by atoms with Crippen LogP contribution in [-0.2, 0) is 25.6 Å². The summed E-state index contributed by atoms with van der Waals surface area (Å²) in [6.45, 7) is 1.34. The topological polar surface area (TPSA) is 128 Å². The quantitative estimate of drug-likeness (QED) is 0.355. The molecule has 0 spiro atoms.